The van der Waals surface area contributed by atoms with Gasteiger partial charge in [0.2, 0.25) is 0 Å². The number of nitrogens with zero attached hydrogens (tertiary/aromatic N) is 1. The summed E-state index contributed by atoms with van der Waals surface area (Å²) >= 11 is 0. The summed E-state index contributed by atoms with van der Waals surface area (Å²) in [7, 11) is 0. The van der Waals surface area contributed by atoms with E-state index in [0.29, 0.717) is 11.5 Å². The van der Waals surface area contributed by atoms with Crippen LogP contribution in [0.5, 0.6) is 0 Å². The molecule has 0 bridgehead atoms. The lowest BCUT2D eigenvalue weighted by atomic mass is 9.84. The van der Waals surface area contributed by atoms with Crippen molar-refractivity contribution in [3.63, 3.8) is 0 Å². The van der Waals surface area contributed by atoms with Crippen LogP contribution in [0.1, 0.15) is 59.8 Å². The summed E-state index contributed by atoms with van der Waals surface area (Å²) in [5.74, 6) is 0. The molecule has 102 valence electrons. The van der Waals surface area contributed by atoms with Gasteiger partial charge < -0.3 is 10.2 Å². The number of likely N-dealkylation sites (tertiary alicyclic amines) is 1. The molecule has 1 heterocycles. The van der Waals surface area contributed by atoms with E-state index in [1.165, 1.54) is 51.7 Å². The first-order chi connectivity index (χ1) is 8.03. The van der Waals surface area contributed by atoms with Gasteiger partial charge in [-0.15, -0.1) is 0 Å². The van der Waals surface area contributed by atoms with Crippen LogP contribution in [0.4, 0.5) is 0 Å². The third-order valence-electron chi connectivity index (χ3n) is 3.89. The number of hydrogen-bond donors (Lipinski definition) is 1. The number of unbranched alkanes of at least 4 members (excludes halogenated alkanes) is 1. The molecule has 17 heavy (non-hydrogen) atoms. The van der Waals surface area contributed by atoms with Crippen LogP contribution in [-0.4, -0.2) is 37.1 Å². The molecule has 1 aliphatic rings. The lowest BCUT2D eigenvalue weighted by Crippen LogP contribution is -2.40. The van der Waals surface area contributed by atoms with E-state index in [2.05, 4.69) is 37.9 Å². The van der Waals surface area contributed by atoms with Gasteiger partial charge in [-0.25, -0.2) is 0 Å². The van der Waals surface area contributed by atoms with Gasteiger partial charge in [0.25, 0.3) is 0 Å². The van der Waals surface area contributed by atoms with Gasteiger partial charge in [0.05, 0.1) is 0 Å². The maximum absolute atomic E-state index is 3.48. The number of piperidine rings is 1. The van der Waals surface area contributed by atoms with Gasteiger partial charge in [0.15, 0.2) is 0 Å². The van der Waals surface area contributed by atoms with Crippen LogP contribution in [0, 0.1) is 5.41 Å². The summed E-state index contributed by atoms with van der Waals surface area (Å²) in [5, 5.41) is 3.48. The first-order valence-electron chi connectivity index (χ1n) is 7.49. The summed E-state index contributed by atoms with van der Waals surface area (Å²) in [6.45, 7) is 14.3. The monoisotopic (exact) mass is 240 g/mol. The molecule has 0 aromatic heterocycles. The average molecular weight is 240 g/mol. The Kier molecular flexibility index (Phi) is 6.50. The van der Waals surface area contributed by atoms with Gasteiger partial charge in [-0.2, -0.15) is 0 Å². The van der Waals surface area contributed by atoms with Crippen LogP contribution in [0.3, 0.4) is 0 Å². The van der Waals surface area contributed by atoms with E-state index in [9.17, 15) is 0 Å². The minimum Gasteiger partial charge on any atom is -0.315 e. The highest BCUT2D eigenvalue weighted by Gasteiger charge is 2.25. The zero-order valence-electron chi connectivity index (χ0n) is 12.4. The summed E-state index contributed by atoms with van der Waals surface area (Å²) in [5.41, 5.74) is 0.551. The largest absolute Gasteiger partial charge is 0.315 e. The zero-order valence-corrected chi connectivity index (χ0v) is 12.4. The fraction of sp³-hybridized carbons (Fsp3) is 1.00. The van der Waals surface area contributed by atoms with Crippen molar-refractivity contribution in [2.75, 3.05) is 26.2 Å². The third kappa shape index (κ3) is 6.42. The Labute approximate surface area is 108 Å². The Morgan fingerprint density at radius 1 is 1.29 bits per heavy atom. The first kappa shape index (κ1) is 15.0. The van der Waals surface area contributed by atoms with E-state index in [1.807, 2.05) is 0 Å². The van der Waals surface area contributed by atoms with Crippen molar-refractivity contribution in [3.8, 4) is 0 Å². The molecule has 1 atom stereocenters. The van der Waals surface area contributed by atoms with Crippen molar-refractivity contribution in [1.29, 1.82) is 0 Å². The molecule has 1 fully saturated rings. The van der Waals surface area contributed by atoms with E-state index < -0.39 is 0 Å². The molecule has 2 nitrogen and oxygen atoms in total. The van der Waals surface area contributed by atoms with Crippen molar-refractivity contribution < 1.29 is 0 Å². The van der Waals surface area contributed by atoms with Crippen LogP contribution >= 0.6 is 0 Å². The number of hydrogen-bond acceptors (Lipinski definition) is 2. The molecule has 0 aliphatic carbocycles. The second-order valence-corrected chi connectivity index (χ2v) is 6.50. The molecule has 1 aliphatic heterocycles. The lowest BCUT2D eigenvalue weighted by Gasteiger charge is -2.38. The summed E-state index contributed by atoms with van der Waals surface area (Å²) < 4.78 is 0. The fourth-order valence-electron chi connectivity index (χ4n) is 2.97. The molecule has 1 saturated heterocycles. The molecular formula is C15H32N2. The van der Waals surface area contributed by atoms with Gasteiger partial charge >= 0.3 is 0 Å². The van der Waals surface area contributed by atoms with Crippen LogP contribution in [0.15, 0.2) is 0 Å². The SMILES string of the molecule is CCNC(C)CCCCN1CCCC(C)(C)C1. The summed E-state index contributed by atoms with van der Waals surface area (Å²) in [4.78, 5) is 2.67. The maximum atomic E-state index is 3.48. The molecule has 0 radical (unpaired) electrons. The Balaban J connectivity index is 2.06. The van der Waals surface area contributed by atoms with Crippen molar-refractivity contribution >= 4 is 0 Å². The Morgan fingerprint density at radius 3 is 2.71 bits per heavy atom. The van der Waals surface area contributed by atoms with Gasteiger partial charge in [0.1, 0.15) is 0 Å². The fourth-order valence-corrected chi connectivity index (χ4v) is 2.97. The standard InChI is InChI=1S/C15H32N2/c1-5-16-14(2)9-6-7-11-17-12-8-10-15(3,4)13-17/h14,16H,5-13H2,1-4H3. The highest BCUT2D eigenvalue weighted by Crippen LogP contribution is 2.28. The van der Waals surface area contributed by atoms with Gasteiger partial charge in [-0.1, -0.05) is 27.2 Å². The molecule has 1 N–H and O–H groups in total. The van der Waals surface area contributed by atoms with E-state index in [4.69, 9.17) is 0 Å². The quantitative estimate of drug-likeness (QED) is 0.687. The Bertz CT molecular complexity index is 201. The van der Waals surface area contributed by atoms with Crippen LogP contribution in [0.25, 0.3) is 0 Å². The third-order valence-corrected chi connectivity index (χ3v) is 3.89. The molecule has 0 aromatic carbocycles. The van der Waals surface area contributed by atoms with Crippen LogP contribution in [-0.2, 0) is 0 Å². The van der Waals surface area contributed by atoms with E-state index in [1.54, 1.807) is 0 Å². The molecule has 2 heteroatoms. The van der Waals surface area contributed by atoms with Crippen molar-refractivity contribution in [2.24, 2.45) is 5.41 Å². The second kappa shape index (κ2) is 7.38. The molecule has 0 amide bonds. The predicted molar refractivity (Wildman–Crippen MR) is 76.4 cm³/mol. The number of rotatable bonds is 7. The molecule has 0 spiro atoms. The molecular weight excluding hydrogens is 208 g/mol. The summed E-state index contributed by atoms with van der Waals surface area (Å²) in [6.07, 6.45) is 6.85. The van der Waals surface area contributed by atoms with E-state index >= 15 is 0 Å². The van der Waals surface area contributed by atoms with E-state index in [0.717, 1.165) is 6.54 Å². The zero-order chi connectivity index (χ0) is 12.7. The maximum Gasteiger partial charge on any atom is 0.00386 e. The molecule has 1 rings (SSSR count). The van der Waals surface area contributed by atoms with Crippen molar-refractivity contribution in [2.45, 2.75) is 65.8 Å². The minimum atomic E-state index is 0.551. The van der Waals surface area contributed by atoms with Gasteiger partial charge in [-0.05, 0) is 57.7 Å². The van der Waals surface area contributed by atoms with Gasteiger partial charge in [-0.3, -0.25) is 0 Å². The van der Waals surface area contributed by atoms with Crippen molar-refractivity contribution in [3.05, 3.63) is 0 Å². The average Bonchev–Trinajstić information content (AvgIpc) is 2.23. The normalized spacial score (nSPS) is 22.6. The highest BCUT2D eigenvalue weighted by atomic mass is 15.1. The molecule has 0 aromatic rings. The van der Waals surface area contributed by atoms with Crippen molar-refractivity contribution in [1.82, 2.24) is 10.2 Å². The van der Waals surface area contributed by atoms with Crippen LogP contribution < -0.4 is 5.32 Å². The van der Waals surface area contributed by atoms with E-state index in [-0.39, 0.29) is 0 Å². The molecule has 1 unspecified atom stereocenters. The minimum absolute atomic E-state index is 0.551. The number of nitrogens with one attached hydrogen (secondary N) is 1. The van der Waals surface area contributed by atoms with Crippen LogP contribution in [0.2, 0.25) is 0 Å². The lowest BCUT2D eigenvalue weighted by molar-refractivity contribution is 0.116. The first-order valence-corrected chi connectivity index (χ1v) is 7.49. The second-order valence-electron chi connectivity index (χ2n) is 6.50. The van der Waals surface area contributed by atoms with Gasteiger partial charge in [0, 0.05) is 12.6 Å². The summed E-state index contributed by atoms with van der Waals surface area (Å²) in [6, 6.07) is 0.692. The topological polar surface area (TPSA) is 15.3 Å². The predicted octanol–water partition coefficient (Wildman–Crippen LogP) is 3.28. The smallest absolute Gasteiger partial charge is 0.00386 e. The molecule has 0 saturated carbocycles. The highest BCUT2D eigenvalue weighted by molar-refractivity contribution is 4.79. The Morgan fingerprint density at radius 2 is 2.06 bits per heavy atom. The Hall–Kier alpha value is -0.0800.